The van der Waals surface area contributed by atoms with Crippen molar-refractivity contribution in [3.8, 4) is 0 Å². The summed E-state index contributed by atoms with van der Waals surface area (Å²) in [6.45, 7) is 6.73. The van der Waals surface area contributed by atoms with Gasteiger partial charge >= 0.3 is 0 Å². The van der Waals surface area contributed by atoms with Crippen LogP contribution in [0.5, 0.6) is 0 Å². The highest BCUT2D eigenvalue weighted by Gasteiger charge is 2.28. The van der Waals surface area contributed by atoms with Crippen LogP contribution in [0.15, 0.2) is 54.7 Å². The Bertz CT molecular complexity index is 1400. The van der Waals surface area contributed by atoms with Crippen LogP contribution in [0.25, 0.3) is 11.1 Å². The molecule has 1 aliphatic heterocycles. The fourth-order valence-corrected chi connectivity index (χ4v) is 6.68. The second-order valence-corrected chi connectivity index (χ2v) is 12.8. The first-order valence-electron chi connectivity index (χ1n) is 15.5. The number of aryl methyl sites for hydroxylation is 1. The van der Waals surface area contributed by atoms with Crippen molar-refractivity contribution in [2.45, 2.75) is 77.6 Å². The van der Waals surface area contributed by atoms with Gasteiger partial charge in [-0.05, 0) is 128 Å². The van der Waals surface area contributed by atoms with E-state index in [1.807, 2.05) is 42.6 Å². The molecule has 2 fully saturated rings. The zero-order valence-electron chi connectivity index (χ0n) is 24.9. The minimum absolute atomic E-state index is 0.0432. The maximum absolute atomic E-state index is 13.3. The van der Waals surface area contributed by atoms with Gasteiger partial charge in [0, 0.05) is 47.5 Å². The summed E-state index contributed by atoms with van der Waals surface area (Å²) in [5.41, 5.74) is 8.05. The molecule has 0 radical (unpaired) electrons. The molecule has 42 heavy (non-hydrogen) atoms. The Kier molecular flexibility index (Phi) is 10.8. The lowest BCUT2D eigenvalue weighted by atomic mass is 9.86. The number of pyridine rings is 1. The predicted molar refractivity (Wildman–Crippen MR) is 174 cm³/mol. The molecule has 222 valence electrons. The molecule has 3 aromatic rings. The first-order valence-corrected chi connectivity index (χ1v) is 16.3. The highest BCUT2D eigenvalue weighted by molar-refractivity contribution is 6.35. The van der Waals surface area contributed by atoms with E-state index in [0.717, 1.165) is 71.1 Å². The van der Waals surface area contributed by atoms with E-state index < -0.39 is 0 Å². The molecule has 0 bridgehead atoms. The summed E-state index contributed by atoms with van der Waals surface area (Å²) in [5, 5.41) is 4.32. The number of halogens is 2. The van der Waals surface area contributed by atoms with Crippen molar-refractivity contribution >= 4 is 40.3 Å². The van der Waals surface area contributed by atoms with Crippen molar-refractivity contribution in [1.29, 1.82) is 0 Å². The van der Waals surface area contributed by atoms with Crippen LogP contribution in [0, 0.1) is 12.8 Å². The number of carbonyl (C=O) groups is 1. The summed E-state index contributed by atoms with van der Waals surface area (Å²) in [6.07, 6.45) is 12.5. The Morgan fingerprint density at radius 2 is 1.74 bits per heavy atom. The van der Waals surface area contributed by atoms with Crippen molar-refractivity contribution in [3.63, 3.8) is 0 Å². The van der Waals surface area contributed by atoms with Gasteiger partial charge in [0.2, 0.25) is 0 Å². The number of aromatic nitrogens is 1. The summed E-state index contributed by atoms with van der Waals surface area (Å²) < 4.78 is 5.59. The average Bonchev–Trinajstić information content (AvgIpc) is 3.84. The minimum atomic E-state index is -0.0432. The molecule has 1 aromatic heterocycles. The number of rotatable bonds is 11. The number of carbonyl (C=O) groups excluding carboxylic acids is 1. The van der Waals surface area contributed by atoms with Crippen LogP contribution in [0.3, 0.4) is 0 Å². The standard InChI is InChI=1S/C36H42Cl2N2O2/c1-24-11-12-28(36(41)40-16-5-3-4-8-26-9-7-18-42-19-15-26)22-33(24)34(29-20-30(37)23-31(38)21-29)25(2)32-10-6-17-39-35(32)27-13-14-27/h6,10-12,17,20-23,26-27H,3-5,7-9,13-16,18-19H2,1-2H3,(H,40,41)/b34-25+. The van der Waals surface area contributed by atoms with E-state index in [2.05, 4.69) is 25.2 Å². The first-order chi connectivity index (χ1) is 20.4. The largest absolute Gasteiger partial charge is 0.381 e. The maximum atomic E-state index is 13.3. The molecule has 1 N–H and O–H groups in total. The second-order valence-electron chi connectivity index (χ2n) is 11.9. The van der Waals surface area contributed by atoms with Gasteiger partial charge in [0.25, 0.3) is 5.91 Å². The number of hydrogen-bond acceptors (Lipinski definition) is 3. The molecule has 0 spiro atoms. The van der Waals surface area contributed by atoms with Crippen LogP contribution >= 0.6 is 23.2 Å². The third-order valence-corrected chi connectivity index (χ3v) is 9.08. The van der Waals surface area contributed by atoms with Gasteiger partial charge in [-0.2, -0.15) is 0 Å². The van der Waals surface area contributed by atoms with E-state index >= 15 is 0 Å². The van der Waals surface area contributed by atoms with Crippen LogP contribution in [0.1, 0.15) is 109 Å². The number of hydrogen-bond donors (Lipinski definition) is 1. The van der Waals surface area contributed by atoms with E-state index in [9.17, 15) is 4.79 Å². The lowest BCUT2D eigenvalue weighted by Gasteiger charge is -2.19. The van der Waals surface area contributed by atoms with Gasteiger partial charge in [-0.25, -0.2) is 0 Å². The molecule has 1 saturated carbocycles. The van der Waals surface area contributed by atoms with Crippen LogP contribution in [0.2, 0.25) is 10.0 Å². The van der Waals surface area contributed by atoms with Gasteiger partial charge in [-0.3, -0.25) is 9.78 Å². The van der Waals surface area contributed by atoms with Crippen molar-refractivity contribution < 1.29 is 9.53 Å². The Morgan fingerprint density at radius 1 is 0.929 bits per heavy atom. The number of nitrogens with one attached hydrogen (secondary N) is 1. The van der Waals surface area contributed by atoms with Crippen LogP contribution in [0.4, 0.5) is 0 Å². The van der Waals surface area contributed by atoms with Gasteiger partial charge in [-0.15, -0.1) is 0 Å². The molecule has 2 aromatic carbocycles. The quantitative estimate of drug-likeness (QED) is 0.222. The molecule has 2 aliphatic rings. The van der Waals surface area contributed by atoms with Crippen molar-refractivity contribution in [3.05, 3.63) is 98.3 Å². The number of amides is 1. The van der Waals surface area contributed by atoms with Gasteiger partial charge < -0.3 is 10.1 Å². The highest BCUT2D eigenvalue weighted by atomic mass is 35.5. The lowest BCUT2D eigenvalue weighted by Crippen LogP contribution is -2.24. The smallest absolute Gasteiger partial charge is 0.251 e. The molecule has 2 heterocycles. The fourth-order valence-electron chi connectivity index (χ4n) is 6.15. The molecule has 1 aliphatic carbocycles. The Balaban J connectivity index is 1.35. The van der Waals surface area contributed by atoms with Crippen LogP contribution in [-0.4, -0.2) is 30.6 Å². The molecular weight excluding hydrogens is 563 g/mol. The Labute approximate surface area is 260 Å². The van der Waals surface area contributed by atoms with Crippen LogP contribution < -0.4 is 5.32 Å². The summed E-state index contributed by atoms with van der Waals surface area (Å²) in [4.78, 5) is 18.1. The first kappa shape index (κ1) is 30.8. The van der Waals surface area contributed by atoms with E-state index in [0.29, 0.717) is 28.1 Å². The summed E-state index contributed by atoms with van der Waals surface area (Å²) in [6, 6.07) is 15.8. The van der Waals surface area contributed by atoms with Gasteiger partial charge in [0.15, 0.2) is 0 Å². The topological polar surface area (TPSA) is 51.2 Å². The fraction of sp³-hybridized carbons (Fsp3) is 0.444. The van der Waals surface area contributed by atoms with E-state index in [-0.39, 0.29) is 5.91 Å². The van der Waals surface area contributed by atoms with E-state index in [4.69, 9.17) is 32.9 Å². The Morgan fingerprint density at radius 3 is 2.52 bits per heavy atom. The number of nitrogens with zero attached hydrogens (tertiary/aromatic N) is 1. The zero-order chi connectivity index (χ0) is 29.5. The number of ether oxygens (including phenoxy) is 1. The van der Waals surface area contributed by atoms with Gasteiger partial charge in [-0.1, -0.05) is 54.6 Å². The number of unbranched alkanes of at least 4 members (excludes halogenated alkanes) is 2. The molecule has 1 amide bonds. The normalized spacial score (nSPS) is 17.9. The van der Waals surface area contributed by atoms with Crippen molar-refractivity contribution in [2.75, 3.05) is 19.8 Å². The van der Waals surface area contributed by atoms with E-state index in [1.165, 1.54) is 44.9 Å². The summed E-state index contributed by atoms with van der Waals surface area (Å²) >= 11 is 13.0. The third kappa shape index (κ3) is 8.03. The molecule has 1 saturated heterocycles. The average molecular weight is 606 g/mol. The second kappa shape index (κ2) is 14.7. The molecule has 5 rings (SSSR count). The molecule has 6 heteroatoms. The van der Waals surface area contributed by atoms with Crippen molar-refractivity contribution in [1.82, 2.24) is 10.3 Å². The summed E-state index contributed by atoms with van der Waals surface area (Å²) in [7, 11) is 0. The SMILES string of the molecule is C/C(=C(/c1cc(Cl)cc(Cl)c1)c1cc(C(=O)NCCCCCC2CCCOCC2)ccc1C)c1cccnc1C1CC1. The van der Waals surface area contributed by atoms with Gasteiger partial charge in [0.05, 0.1) is 5.69 Å². The predicted octanol–water partition coefficient (Wildman–Crippen LogP) is 9.66. The molecule has 1 atom stereocenters. The molecule has 4 nitrogen and oxygen atoms in total. The molecule has 1 unspecified atom stereocenters. The monoisotopic (exact) mass is 604 g/mol. The van der Waals surface area contributed by atoms with Crippen molar-refractivity contribution in [2.24, 2.45) is 5.92 Å². The number of benzene rings is 2. The highest BCUT2D eigenvalue weighted by Crippen LogP contribution is 2.44. The minimum Gasteiger partial charge on any atom is -0.381 e. The molecular formula is C36H42Cl2N2O2. The third-order valence-electron chi connectivity index (χ3n) is 8.65. The lowest BCUT2D eigenvalue weighted by molar-refractivity contribution is 0.0952. The maximum Gasteiger partial charge on any atom is 0.251 e. The Hall–Kier alpha value is -2.66. The van der Waals surface area contributed by atoms with Crippen LogP contribution in [-0.2, 0) is 4.74 Å². The zero-order valence-corrected chi connectivity index (χ0v) is 26.4. The van der Waals surface area contributed by atoms with E-state index in [1.54, 1.807) is 6.07 Å². The van der Waals surface area contributed by atoms with Gasteiger partial charge in [0.1, 0.15) is 0 Å². The number of allylic oxidation sites excluding steroid dienone is 1. The summed E-state index contributed by atoms with van der Waals surface area (Å²) in [5.74, 6) is 1.25.